The van der Waals surface area contributed by atoms with Crippen molar-refractivity contribution in [3.8, 4) is 0 Å². The van der Waals surface area contributed by atoms with Crippen LogP contribution < -0.4 is 16.8 Å². The Bertz CT molecular complexity index is 663. The zero-order chi connectivity index (χ0) is 14.9. The minimum Gasteiger partial charge on any atom is -0.399 e. The van der Waals surface area contributed by atoms with Gasteiger partial charge in [0.05, 0.1) is 4.88 Å². The maximum atomic E-state index is 12.2. The summed E-state index contributed by atoms with van der Waals surface area (Å²) in [6, 6.07) is 6.58. The molecule has 1 heterocycles. The molecule has 0 aliphatic heterocycles. The van der Waals surface area contributed by atoms with E-state index in [1.807, 2.05) is 26.0 Å². The monoisotopic (exact) mass is 291 g/mol. The van der Waals surface area contributed by atoms with Gasteiger partial charge in [-0.15, -0.1) is 11.3 Å². The summed E-state index contributed by atoms with van der Waals surface area (Å²) in [6.07, 6.45) is 0. The van der Waals surface area contributed by atoms with E-state index in [1.54, 1.807) is 12.1 Å². The average Bonchev–Trinajstić information content (AvgIpc) is 2.77. The maximum absolute atomic E-state index is 12.2. The molecule has 1 aromatic heterocycles. The first-order chi connectivity index (χ1) is 9.38. The minimum absolute atomic E-state index is 0.0542. The highest BCUT2D eigenvalue weighted by molar-refractivity contribution is 7.20. The van der Waals surface area contributed by atoms with Gasteiger partial charge >= 0.3 is 0 Å². The molecule has 1 aromatic carbocycles. The quantitative estimate of drug-likeness (QED) is 0.748. The number of hydrogen-bond donors (Lipinski definition) is 3. The van der Waals surface area contributed by atoms with Gasteiger partial charge in [-0.05, 0) is 35.6 Å². The Hall–Kier alpha value is -2.08. The van der Waals surface area contributed by atoms with Crippen molar-refractivity contribution in [2.45, 2.75) is 19.9 Å². The summed E-state index contributed by atoms with van der Waals surface area (Å²) in [6.45, 7) is 3.67. The van der Waals surface area contributed by atoms with Crippen LogP contribution in [0.25, 0.3) is 10.1 Å². The predicted molar refractivity (Wildman–Crippen MR) is 81.5 cm³/mol. The van der Waals surface area contributed by atoms with E-state index in [9.17, 15) is 9.59 Å². The summed E-state index contributed by atoms with van der Waals surface area (Å²) in [5.41, 5.74) is 11.7. The molecule has 0 aliphatic carbocycles. The van der Waals surface area contributed by atoms with Crippen LogP contribution in [0.5, 0.6) is 0 Å². The number of nitrogens with one attached hydrogen (secondary N) is 1. The Morgan fingerprint density at radius 3 is 2.55 bits per heavy atom. The number of rotatable bonds is 4. The van der Waals surface area contributed by atoms with Gasteiger partial charge in [0.25, 0.3) is 5.91 Å². The van der Waals surface area contributed by atoms with Gasteiger partial charge in [-0.2, -0.15) is 0 Å². The lowest BCUT2D eigenvalue weighted by atomic mass is 10.0. The third-order valence-corrected chi connectivity index (χ3v) is 4.14. The zero-order valence-corrected chi connectivity index (χ0v) is 12.2. The van der Waals surface area contributed by atoms with Gasteiger partial charge in [0, 0.05) is 10.4 Å². The van der Waals surface area contributed by atoms with Crippen molar-refractivity contribution in [2.75, 3.05) is 5.73 Å². The molecule has 0 radical (unpaired) electrons. The van der Waals surface area contributed by atoms with E-state index in [4.69, 9.17) is 11.5 Å². The van der Waals surface area contributed by atoms with E-state index < -0.39 is 11.9 Å². The zero-order valence-electron chi connectivity index (χ0n) is 11.3. The van der Waals surface area contributed by atoms with Crippen molar-refractivity contribution in [3.63, 3.8) is 0 Å². The van der Waals surface area contributed by atoms with Crippen molar-refractivity contribution in [1.29, 1.82) is 0 Å². The number of benzene rings is 1. The second kappa shape index (κ2) is 5.50. The first-order valence-corrected chi connectivity index (χ1v) is 7.09. The molecule has 5 N–H and O–H groups in total. The standard InChI is InChI=1S/C14H17N3O2S/c1-7(2)12(13(16)18)17-14(19)11-6-8-5-9(15)3-4-10(8)20-11/h3-7,12H,15H2,1-2H3,(H2,16,18)(H,17,19). The molecular formula is C14H17N3O2S. The SMILES string of the molecule is CC(C)C(NC(=O)c1cc2cc(N)ccc2s1)C(N)=O. The number of anilines is 1. The molecule has 2 amide bonds. The third kappa shape index (κ3) is 2.91. The molecular weight excluding hydrogens is 274 g/mol. The number of nitrogen functional groups attached to an aromatic ring is 1. The largest absolute Gasteiger partial charge is 0.399 e. The molecule has 0 fully saturated rings. The molecule has 106 valence electrons. The molecule has 20 heavy (non-hydrogen) atoms. The summed E-state index contributed by atoms with van der Waals surface area (Å²) in [4.78, 5) is 24.0. The highest BCUT2D eigenvalue weighted by Crippen LogP contribution is 2.27. The van der Waals surface area contributed by atoms with Gasteiger partial charge in [0.15, 0.2) is 0 Å². The summed E-state index contributed by atoms with van der Waals surface area (Å²) < 4.78 is 0.976. The van der Waals surface area contributed by atoms with Crippen LogP contribution in [-0.2, 0) is 4.79 Å². The molecule has 6 heteroatoms. The normalized spacial score (nSPS) is 12.6. The van der Waals surface area contributed by atoms with Gasteiger partial charge < -0.3 is 16.8 Å². The molecule has 1 unspecified atom stereocenters. The third-order valence-electron chi connectivity index (χ3n) is 3.02. The minimum atomic E-state index is -0.669. The van der Waals surface area contributed by atoms with Crippen LogP contribution in [0.4, 0.5) is 5.69 Å². The lowest BCUT2D eigenvalue weighted by Crippen LogP contribution is -2.47. The van der Waals surface area contributed by atoms with Crippen molar-refractivity contribution >= 4 is 38.9 Å². The number of thiophene rings is 1. The predicted octanol–water partition coefficient (Wildman–Crippen LogP) is 1.72. The Morgan fingerprint density at radius 1 is 1.25 bits per heavy atom. The fraction of sp³-hybridized carbons (Fsp3) is 0.286. The van der Waals surface area contributed by atoms with Crippen LogP contribution in [0.2, 0.25) is 0 Å². The molecule has 0 bridgehead atoms. The lowest BCUT2D eigenvalue weighted by molar-refractivity contribution is -0.120. The summed E-state index contributed by atoms with van der Waals surface area (Å²) in [5.74, 6) is -0.873. The van der Waals surface area contributed by atoms with E-state index in [1.165, 1.54) is 11.3 Å². The molecule has 0 saturated carbocycles. The molecule has 0 aliphatic rings. The Balaban J connectivity index is 2.25. The van der Waals surface area contributed by atoms with Crippen molar-refractivity contribution in [2.24, 2.45) is 11.7 Å². The van der Waals surface area contributed by atoms with Crippen LogP contribution in [0.3, 0.4) is 0 Å². The molecule has 0 spiro atoms. The lowest BCUT2D eigenvalue weighted by Gasteiger charge is -2.18. The topological polar surface area (TPSA) is 98.2 Å². The number of hydrogen-bond acceptors (Lipinski definition) is 4. The fourth-order valence-electron chi connectivity index (χ4n) is 1.95. The maximum Gasteiger partial charge on any atom is 0.262 e. The summed E-state index contributed by atoms with van der Waals surface area (Å²) in [5, 5.41) is 3.59. The van der Waals surface area contributed by atoms with E-state index in [0.29, 0.717) is 10.6 Å². The highest BCUT2D eigenvalue weighted by atomic mass is 32.1. The molecule has 1 atom stereocenters. The van der Waals surface area contributed by atoms with E-state index in [2.05, 4.69) is 5.32 Å². The average molecular weight is 291 g/mol. The molecule has 2 aromatic rings. The van der Waals surface area contributed by atoms with Crippen LogP contribution in [0.15, 0.2) is 24.3 Å². The number of carbonyl (C=O) groups is 2. The Labute approximate surface area is 120 Å². The van der Waals surface area contributed by atoms with Crippen LogP contribution >= 0.6 is 11.3 Å². The first-order valence-electron chi connectivity index (χ1n) is 6.27. The summed E-state index contributed by atoms with van der Waals surface area (Å²) >= 11 is 1.36. The van der Waals surface area contributed by atoms with Crippen molar-refractivity contribution in [3.05, 3.63) is 29.1 Å². The van der Waals surface area contributed by atoms with Gasteiger partial charge in [-0.1, -0.05) is 13.8 Å². The van der Waals surface area contributed by atoms with Gasteiger partial charge in [-0.3, -0.25) is 9.59 Å². The van der Waals surface area contributed by atoms with Crippen LogP contribution in [0, 0.1) is 5.92 Å². The number of carbonyl (C=O) groups excluding carboxylic acids is 2. The van der Waals surface area contributed by atoms with E-state index in [-0.39, 0.29) is 11.8 Å². The first kappa shape index (κ1) is 14.3. The van der Waals surface area contributed by atoms with Gasteiger partial charge in [0.2, 0.25) is 5.91 Å². The second-order valence-electron chi connectivity index (χ2n) is 5.01. The van der Waals surface area contributed by atoms with Gasteiger partial charge in [0.1, 0.15) is 6.04 Å². The van der Waals surface area contributed by atoms with Crippen LogP contribution in [0.1, 0.15) is 23.5 Å². The smallest absolute Gasteiger partial charge is 0.262 e. The van der Waals surface area contributed by atoms with Crippen molar-refractivity contribution < 1.29 is 9.59 Å². The molecule has 5 nitrogen and oxygen atoms in total. The highest BCUT2D eigenvalue weighted by Gasteiger charge is 2.23. The Kier molecular flexibility index (Phi) is 3.94. The number of primary amides is 1. The molecule has 2 rings (SSSR count). The van der Waals surface area contributed by atoms with E-state index in [0.717, 1.165) is 10.1 Å². The number of amides is 2. The number of fused-ring (bicyclic) bond motifs is 1. The molecule has 0 saturated heterocycles. The van der Waals surface area contributed by atoms with E-state index >= 15 is 0 Å². The Morgan fingerprint density at radius 2 is 1.95 bits per heavy atom. The van der Waals surface area contributed by atoms with Gasteiger partial charge in [-0.25, -0.2) is 0 Å². The summed E-state index contributed by atoms with van der Waals surface area (Å²) in [7, 11) is 0. The fourth-order valence-corrected chi connectivity index (χ4v) is 2.90. The second-order valence-corrected chi connectivity index (χ2v) is 6.09. The van der Waals surface area contributed by atoms with Crippen molar-refractivity contribution in [1.82, 2.24) is 5.32 Å². The number of nitrogens with two attached hydrogens (primary N) is 2. The van der Waals surface area contributed by atoms with Crippen LogP contribution in [-0.4, -0.2) is 17.9 Å².